The fourth-order valence-electron chi connectivity index (χ4n) is 3.22. The van der Waals surface area contributed by atoms with E-state index in [2.05, 4.69) is 30.9 Å². The molecule has 0 unspecified atom stereocenters. The van der Waals surface area contributed by atoms with Crippen LogP contribution in [0.3, 0.4) is 0 Å². The molecule has 1 saturated carbocycles. The van der Waals surface area contributed by atoms with Gasteiger partial charge in [-0.3, -0.25) is 0 Å². The summed E-state index contributed by atoms with van der Waals surface area (Å²) in [6, 6.07) is 8.09. The van der Waals surface area contributed by atoms with E-state index in [1.54, 1.807) is 4.68 Å². The van der Waals surface area contributed by atoms with Gasteiger partial charge in [0.1, 0.15) is 0 Å². The molecule has 1 aromatic carbocycles. The summed E-state index contributed by atoms with van der Waals surface area (Å²) in [4.78, 5) is 9.21. The molecule has 0 bridgehead atoms. The molecule has 0 saturated heterocycles. The largest absolute Gasteiger partial charge is 0.351 e. The molecule has 26 heavy (non-hydrogen) atoms. The predicted molar refractivity (Wildman–Crippen MR) is 103 cm³/mol. The molecular formula is C17H21ClN8. The number of aryl methyl sites for hydroxylation is 1. The van der Waals surface area contributed by atoms with Crippen molar-refractivity contribution in [3.8, 4) is 0 Å². The number of rotatable bonds is 4. The third-order valence-electron chi connectivity index (χ3n) is 4.64. The maximum Gasteiger partial charge on any atom is 0.227 e. The molecular weight excluding hydrogens is 352 g/mol. The molecule has 0 amide bonds. The van der Waals surface area contributed by atoms with Crippen molar-refractivity contribution in [2.24, 2.45) is 12.8 Å². The van der Waals surface area contributed by atoms with Gasteiger partial charge in [0.25, 0.3) is 0 Å². The van der Waals surface area contributed by atoms with Gasteiger partial charge in [0.05, 0.1) is 0 Å². The van der Waals surface area contributed by atoms with Gasteiger partial charge in [-0.15, -0.1) is 5.10 Å². The van der Waals surface area contributed by atoms with E-state index in [0.29, 0.717) is 40.0 Å². The summed E-state index contributed by atoms with van der Waals surface area (Å²) in [6.07, 6.45) is 4.06. The first-order chi connectivity index (χ1) is 12.6. The van der Waals surface area contributed by atoms with E-state index in [-0.39, 0.29) is 0 Å². The van der Waals surface area contributed by atoms with Crippen molar-refractivity contribution in [2.45, 2.75) is 37.8 Å². The minimum atomic E-state index is 0.303. The lowest BCUT2D eigenvalue weighted by Crippen LogP contribution is -2.33. The van der Waals surface area contributed by atoms with Gasteiger partial charge in [-0.05, 0) is 43.9 Å². The smallest absolute Gasteiger partial charge is 0.227 e. The molecule has 9 heteroatoms. The topological polar surface area (TPSA) is 107 Å². The van der Waals surface area contributed by atoms with E-state index in [1.807, 2.05) is 31.3 Å². The molecule has 2 heterocycles. The molecule has 1 aliphatic rings. The first kappa shape index (κ1) is 17.0. The lowest BCUT2D eigenvalue weighted by atomic mass is 9.92. The van der Waals surface area contributed by atoms with Crippen LogP contribution in [0.15, 0.2) is 24.3 Å². The average Bonchev–Trinajstić information content (AvgIpc) is 2.99. The van der Waals surface area contributed by atoms with E-state index in [9.17, 15) is 0 Å². The highest BCUT2D eigenvalue weighted by atomic mass is 35.5. The number of nitrogens with two attached hydrogens (primary N) is 1. The molecule has 4 rings (SSSR count). The molecule has 0 atom stereocenters. The Bertz CT molecular complexity index is 916. The molecule has 3 aromatic rings. The fraction of sp³-hybridized carbons (Fsp3) is 0.412. The Labute approximate surface area is 156 Å². The minimum absolute atomic E-state index is 0.303. The van der Waals surface area contributed by atoms with Crippen molar-refractivity contribution >= 4 is 40.2 Å². The third kappa shape index (κ3) is 3.56. The second kappa shape index (κ2) is 7.05. The van der Waals surface area contributed by atoms with Gasteiger partial charge in [0.15, 0.2) is 17.0 Å². The van der Waals surface area contributed by atoms with E-state index in [4.69, 9.17) is 17.3 Å². The summed E-state index contributed by atoms with van der Waals surface area (Å²) in [5.41, 5.74) is 8.11. The molecule has 1 fully saturated rings. The summed E-state index contributed by atoms with van der Waals surface area (Å²) in [5.74, 6) is 1.16. The first-order valence-corrected chi connectivity index (χ1v) is 9.08. The van der Waals surface area contributed by atoms with Crippen LogP contribution in [0.5, 0.6) is 0 Å². The lowest BCUT2D eigenvalue weighted by molar-refractivity contribution is 0.410. The number of benzene rings is 1. The van der Waals surface area contributed by atoms with Crippen LogP contribution in [-0.2, 0) is 7.05 Å². The van der Waals surface area contributed by atoms with Crippen molar-refractivity contribution in [2.75, 3.05) is 10.6 Å². The van der Waals surface area contributed by atoms with Crippen molar-refractivity contribution in [1.29, 1.82) is 0 Å². The predicted octanol–water partition coefficient (Wildman–Crippen LogP) is 2.84. The summed E-state index contributed by atoms with van der Waals surface area (Å²) in [6.45, 7) is 0. The summed E-state index contributed by atoms with van der Waals surface area (Å²) < 4.78 is 1.64. The van der Waals surface area contributed by atoms with E-state index in [1.165, 1.54) is 0 Å². The van der Waals surface area contributed by atoms with Crippen molar-refractivity contribution in [3.05, 3.63) is 29.3 Å². The normalized spacial score (nSPS) is 20.3. The summed E-state index contributed by atoms with van der Waals surface area (Å²) >= 11 is 6.08. The molecule has 0 aliphatic heterocycles. The van der Waals surface area contributed by atoms with E-state index in [0.717, 1.165) is 31.4 Å². The average molecular weight is 373 g/mol. The highest BCUT2D eigenvalue weighted by Gasteiger charge is 2.20. The highest BCUT2D eigenvalue weighted by Crippen LogP contribution is 2.26. The molecule has 136 valence electrons. The monoisotopic (exact) mass is 372 g/mol. The molecule has 2 aromatic heterocycles. The Morgan fingerprint density at radius 1 is 1.19 bits per heavy atom. The molecule has 0 spiro atoms. The van der Waals surface area contributed by atoms with Crippen LogP contribution in [0.25, 0.3) is 11.2 Å². The highest BCUT2D eigenvalue weighted by molar-refractivity contribution is 6.30. The maximum absolute atomic E-state index is 6.08. The number of fused-ring (bicyclic) bond motifs is 1. The number of aromatic nitrogens is 5. The second-order valence-corrected chi connectivity index (χ2v) is 7.11. The van der Waals surface area contributed by atoms with Crippen LogP contribution in [0.2, 0.25) is 5.02 Å². The van der Waals surface area contributed by atoms with Crippen LogP contribution in [0.4, 0.5) is 17.5 Å². The zero-order valence-corrected chi connectivity index (χ0v) is 15.2. The van der Waals surface area contributed by atoms with Crippen molar-refractivity contribution < 1.29 is 0 Å². The maximum atomic E-state index is 6.08. The molecule has 0 radical (unpaired) electrons. The number of nitrogens with zero attached hydrogens (tertiary/aromatic N) is 5. The zero-order chi connectivity index (χ0) is 18.1. The van der Waals surface area contributed by atoms with Gasteiger partial charge < -0.3 is 16.4 Å². The zero-order valence-electron chi connectivity index (χ0n) is 14.5. The van der Waals surface area contributed by atoms with E-state index < -0.39 is 0 Å². The Morgan fingerprint density at radius 2 is 2.00 bits per heavy atom. The standard InChI is InChI=1S/C17H21ClN8/c1-26-16-14(24-25-26)15(20-13-4-2-3-10(18)9-13)22-17(23-16)21-12-7-5-11(19)6-8-12/h2-4,9,11-12H,5-8,19H2,1H3,(H2,20,21,22,23). The SMILES string of the molecule is Cn1nnc2c(Nc3cccc(Cl)c3)nc(NC3CCC(N)CC3)nc21. The summed E-state index contributed by atoms with van der Waals surface area (Å²) in [7, 11) is 1.81. The first-order valence-electron chi connectivity index (χ1n) is 8.70. The van der Waals surface area contributed by atoms with Crippen LogP contribution < -0.4 is 16.4 Å². The number of halogens is 1. The molecule has 4 N–H and O–H groups in total. The van der Waals surface area contributed by atoms with Crippen molar-refractivity contribution in [3.63, 3.8) is 0 Å². The number of anilines is 3. The number of nitrogens with one attached hydrogen (secondary N) is 2. The van der Waals surface area contributed by atoms with Crippen LogP contribution >= 0.6 is 11.6 Å². The van der Waals surface area contributed by atoms with Gasteiger partial charge in [0, 0.05) is 29.8 Å². The Kier molecular flexibility index (Phi) is 4.60. The Hall–Kier alpha value is -2.45. The number of hydrogen-bond acceptors (Lipinski definition) is 7. The third-order valence-corrected chi connectivity index (χ3v) is 4.88. The van der Waals surface area contributed by atoms with Gasteiger partial charge in [-0.1, -0.05) is 22.9 Å². The number of hydrogen-bond donors (Lipinski definition) is 3. The van der Waals surface area contributed by atoms with Crippen LogP contribution in [-0.4, -0.2) is 37.0 Å². The minimum Gasteiger partial charge on any atom is -0.351 e. The van der Waals surface area contributed by atoms with Gasteiger partial charge in [-0.25, -0.2) is 4.68 Å². The van der Waals surface area contributed by atoms with Crippen LogP contribution in [0, 0.1) is 0 Å². The summed E-state index contributed by atoms with van der Waals surface area (Å²) in [5, 5.41) is 15.6. The van der Waals surface area contributed by atoms with Gasteiger partial charge >= 0.3 is 0 Å². The molecule has 1 aliphatic carbocycles. The Balaban J connectivity index is 1.65. The molecule has 8 nitrogen and oxygen atoms in total. The quantitative estimate of drug-likeness (QED) is 0.646. The fourth-order valence-corrected chi connectivity index (χ4v) is 3.41. The Morgan fingerprint density at radius 3 is 2.77 bits per heavy atom. The van der Waals surface area contributed by atoms with Crippen molar-refractivity contribution in [1.82, 2.24) is 25.0 Å². The van der Waals surface area contributed by atoms with Crippen LogP contribution in [0.1, 0.15) is 25.7 Å². The lowest BCUT2D eigenvalue weighted by Gasteiger charge is -2.26. The van der Waals surface area contributed by atoms with Gasteiger partial charge in [-0.2, -0.15) is 9.97 Å². The van der Waals surface area contributed by atoms with Gasteiger partial charge in [0.2, 0.25) is 5.95 Å². The second-order valence-electron chi connectivity index (χ2n) is 6.67. The van der Waals surface area contributed by atoms with E-state index >= 15 is 0 Å².